The number of benzene rings is 1. The van der Waals surface area contributed by atoms with Crippen LogP contribution in [0.5, 0.6) is 0 Å². The highest BCUT2D eigenvalue weighted by Crippen LogP contribution is 2.27. The van der Waals surface area contributed by atoms with Gasteiger partial charge in [-0.2, -0.15) is 0 Å². The summed E-state index contributed by atoms with van der Waals surface area (Å²) in [6, 6.07) is 1.38. The van der Waals surface area contributed by atoms with Crippen LogP contribution in [0.3, 0.4) is 0 Å². The normalized spacial score (nSPS) is 11.6. The van der Waals surface area contributed by atoms with Crippen molar-refractivity contribution in [3.8, 4) is 0 Å². The van der Waals surface area contributed by atoms with Crippen LogP contribution in [0, 0.1) is 13.8 Å². The van der Waals surface area contributed by atoms with Crippen LogP contribution in [0.2, 0.25) is 0 Å². The summed E-state index contributed by atoms with van der Waals surface area (Å²) in [5.74, 6) is -2.72. The zero-order valence-electron chi connectivity index (χ0n) is 11.4. The Kier molecular flexibility index (Phi) is 5.71. The van der Waals surface area contributed by atoms with Crippen LogP contribution >= 0.6 is 15.9 Å². The molecule has 7 nitrogen and oxygen atoms in total. The number of hydrogen-bond donors (Lipinski definition) is 4. The lowest BCUT2D eigenvalue weighted by molar-refractivity contribution is -0.145. The number of aryl methyl sites for hydroxylation is 2. The first-order chi connectivity index (χ1) is 9.70. The molecule has 0 saturated heterocycles. The van der Waals surface area contributed by atoms with Gasteiger partial charge < -0.3 is 20.8 Å². The molecule has 0 aromatic heterocycles. The Labute approximate surface area is 129 Å². The molecule has 1 atom stereocenters. The number of halogens is 1. The Morgan fingerprint density at radius 2 is 1.86 bits per heavy atom. The van der Waals surface area contributed by atoms with E-state index < -0.39 is 30.4 Å². The van der Waals surface area contributed by atoms with Gasteiger partial charge in [-0.1, -0.05) is 6.07 Å². The summed E-state index contributed by atoms with van der Waals surface area (Å²) in [7, 11) is 0. The number of carboxylic acid groups (broad SMARTS) is 2. The molecule has 0 saturated carbocycles. The zero-order valence-corrected chi connectivity index (χ0v) is 13.0. The first-order valence-electron chi connectivity index (χ1n) is 5.99. The summed E-state index contributed by atoms with van der Waals surface area (Å²) >= 11 is 3.31. The van der Waals surface area contributed by atoms with Gasteiger partial charge >= 0.3 is 18.0 Å². The molecule has 4 N–H and O–H groups in total. The van der Waals surface area contributed by atoms with Crippen LogP contribution in [0.1, 0.15) is 17.5 Å². The summed E-state index contributed by atoms with van der Waals surface area (Å²) in [6.45, 7) is 3.69. The average molecular weight is 359 g/mol. The van der Waals surface area contributed by atoms with Crippen LogP contribution in [0.25, 0.3) is 0 Å². The number of carbonyl (C=O) groups is 3. The molecule has 8 heteroatoms. The second-order valence-corrected chi connectivity index (χ2v) is 5.38. The number of amides is 2. The summed E-state index contributed by atoms with van der Waals surface area (Å²) in [6.07, 6.45) is -0.698. The second-order valence-electron chi connectivity index (χ2n) is 4.53. The highest BCUT2D eigenvalue weighted by atomic mass is 79.9. The van der Waals surface area contributed by atoms with Crippen molar-refractivity contribution in [2.45, 2.75) is 26.3 Å². The topological polar surface area (TPSA) is 116 Å². The third-order valence-corrected chi connectivity index (χ3v) is 3.28. The van der Waals surface area contributed by atoms with E-state index in [1.165, 1.54) is 0 Å². The minimum Gasteiger partial charge on any atom is -0.481 e. The molecule has 1 rings (SSSR count). The van der Waals surface area contributed by atoms with Crippen molar-refractivity contribution in [1.29, 1.82) is 0 Å². The predicted molar refractivity (Wildman–Crippen MR) is 79.4 cm³/mol. The Morgan fingerprint density at radius 3 is 2.33 bits per heavy atom. The molecule has 0 fully saturated rings. The number of carboxylic acids is 2. The number of rotatable bonds is 5. The fourth-order valence-corrected chi connectivity index (χ4v) is 2.53. The lowest BCUT2D eigenvalue weighted by Crippen LogP contribution is -2.44. The fourth-order valence-electron chi connectivity index (χ4n) is 1.76. The molecule has 0 heterocycles. The number of nitrogens with one attached hydrogen (secondary N) is 2. The van der Waals surface area contributed by atoms with Gasteiger partial charge in [-0.05, 0) is 47.0 Å². The first-order valence-corrected chi connectivity index (χ1v) is 6.79. The molecule has 0 aliphatic carbocycles. The van der Waals surface area contributed by atoms with E-state index >= 15 is 0 Å². The highest BCUT2D eigenvalue weighted by Gasteiger charge is 2.23. The standard InChI is InChI=1S/C13H15BrN2O5/c1-6-3-7(2)11(8(14)4-6)16-13(21)15-9(12(19)20)5-10(17)18/h3-4,9H,5H2,1-2H3,(H,17,18)(H,19,20)(H2,15,16,21)/t9-/m1/s1. The molecule has 0 unspecified atom stereocenters. The monoisotopic (exact) mass is 358 g/mol. The van der Waals surface area contributed by atoms with Crippen LogP contribution in [0.4, 0.5) is 10.5 Å². The largest absolute Gasteiger partial charge is 0.481 e. The fraction of sp³-hybridized carbons (Fsp3) is 0.308. The Bertz CT molecular complexity index is 565. The van der Waals surface area contributed by atoms with Crippen LogP contribution in [-0.2, 0) is 9.59 Å². The zero-order chi connectivity index (χ0) is 16.2. The van der Waals surface area contributed by atoms with Crippen molar-refractivity contribution in [3.05, 3.63) is 27.7 Å². The molecule has 0 aliphatic heterocycles. The maximum atomic E-state index is 11.8. The van der Waals surface area contributed by atoms with E-state index in [0.717, 1.165) is 11.1 Å². The second kappa shape index (κ2) is 7.07. The van der Waals surface area contributed by atoms with E-state index in [0.29, 0.717) is 10.2 Å². The molecule has 0 aliphatic rings. The summed E-state index contributed by atoms with van der Waals surface area (Å²) in [5, 5.41) is 22.1. The van der Waals surface area contributed by atoms with E-state index in [9.17, 15) is 14.4 Å². The smallest absolute Gasteiger partial charge is 0.326 e. The Balaban J connectivity index is 2.82. The third-order valence-electron chi connectivity index (χ3n) is 2.65. The molecule has 114 valence electrons. The van der Waals surface area contributed by atoms with Gasteiger partial charge in [-0.25, -0.2) is 9.59 Å². The summed E-state index contributed by atoms with van der Waals surface area (Å²) < 4.78 is 0.653. The molecule has 0 radical (unpaired) electrons. The maximum absolute atomic E-state index is 11.8. The molecule has 1 aromatic carbocycles. The quantitative estimate of drug-likeness (QED) is 0.643. The van der Waals surface area contributed by atoms with Crippen LogP contribution in [0.15, 0.2) is 16.6 Å². The van der Waals surface area contributed by atoms with Crippen molar-refractivity contribution < 1.29 is 24.6 Å². The molecule has 1 aromatic rings. The van der Waals surface area contributed by atoms with Gasteiger partial charge in [0.25, 0.3) is 0 Å². The van der Waals surface area contributed by atoms with Gasteiger partial charge in [0.2, 0.25) is 0 Å². The van der Waals surface area contributed by atoms with Crippen LogP contribution < -0.4 is 10.6 Å². The van der Waals surface area contributed by atoms with Crippen molar-refractivity contribution in [3.63, 3.8) is 0 Å². The molecule has 21 heavy (non-hydrogen) atoms. The highest BCUT2D eigenvalue weighted by molar-refractivity contribution is 9.10. The van der Waals surface area contributed by atoms with Gasteiger partial charge in [-0.15, -0.1) is 0 Å². The van der Waals surface area contributed by atoms with Gasteiger partial charge in [0.15, 0.2) is 0 Å². The molecular formula is C13H15BrN2O5. The van der Waals surface area contributed by atoms with E-state index in [2.05, 4.69) is 26.6 Å². The Morgan fingerprint density at radius 1 is 1.24 bits per heavy atom. The van der Waals surface area contributed by atoms with E-state index in [-0.39, 0.29) is 0 Å². The molecule has 0 bridgehead atoms. The number of carbonyl (C=O) groups excluding carboxylic acids is 1. The van der Waals surface area contributed by atoms with Gasteiger partial charge in [0.1, 0.15) is 6.04 Å². The van der Waals surface area contributed by atoms with Gasteiger partial charge in [-0.3, -0.25) is 4.79 Å². The van der Waals surface area contributed by atoms with E-state index in [4.69, 9.17) is 10.2 Å². The van der Waals surface area contributed by atoms with E-state index in [1.54, 1.807) is 13.0 Å². The van der Waals surface area contributed by atoms with Crippen molar-refractivity contribution in [2.75, 3.05) is 5.32 Å². The minimum absolute atomic E-state index is 0.498. The summed E-state index contributed by atoms with van der Waals surface area (Å²) in [4.78, 5) is 33.2. The van der Waals surface area contributed by atoms with Crippen molar-refractivity contribution >= 4 is 39.6 Å². The van der Waals surface area contributed by atoms with Crippen LogP contribution in [-0.4, -0.2) is 34.2 Å². The lowest BCUT2D eigenvalue weighted by Gasteiger charge is -2.15. The average Bonchev–Trinajstić information content (AvgIpc) is 2.32. The third kappa shape index (κ3) is 5.07. The lowest BCUT2D eigenvalue weighted by atomic mass is 10.1. The number of urea groups is 1. The van der Waals surface area contributed by atoms with Crippen molar-refractivity contribution in [1.82, 2.24) is 5.32 Å². The Hall–Kier alpha value is -2.09. The number of hydrogen-bond acceptors (Lipinski definition) is 3. The predicted octanol–water partition coefficient (Wildman–Crippen LogP) is 2.12. The molecule has 2 amide bonds. The number of aliphatic carboxylic acids is 2. The minimum atomic E-state index is -1.49. The summed E-state index contributed by atoms with van der Waals surface area (Å²) in [5.41, 5.74) is 2.29. The molecule has 0 spiro atoms. The first kappa shape index (κ1) is 17.0. The van der Waals surface area contributed by atoms with Crippen molar-refractivity contribution in [2.24, 2.45) is 0 Å². The SMILES string of the molecule is Cc1cc(C)c(NC(=O)N[C@H](CC(=O)O)C(=O)O)c(Br)c1. The van der Waals surface area contributed by atoms with Gasteiger partial charge in [0, 0.05) is 4.47 Å². The van der Waals surface area contributed by atoms with Gasteiger partial charge in [0.05, 0.1) is 12.1 Å². The maximum Gasteiger partial charge on any atom is 0.326 e. The molecular weight excluding hydrogens is 344 g/mol. The van der Waals surface area contributed by atoms with E-state index in [1.807, 2.05) is 13.0 Å². The number of anilines is 1.